The Labute approximate surface area is 136 Å². The molecule has 1 fully saturated rings. The molecular formula is C17H22N6. The van der Waals surface area contributed by atoms with Gasteiger partial charge in [0.1, 0.15) is 6.34 Å². The van der Waals surface area contributed by atoms with E-state index in [4.69, 9.17) is 5.73 Å². The molecule has 0 amide bonds. The van der Waals surface area contributed by atoms with Crippen LogP contribution >= 0.6 is 0 Å². The van der Waals surface area contributed by atoms with Gasteiger partial charge in [-0.3, -0.25) is 9.91 Å². The number of nitrogens with one attached hydrogen (secondary N) is 1. The van der Waals surface area contributed by atoms with Crippen molar-refractivity contribution in [2.24, 2.45) is 15.8 Å². The highest BCUT2D eigenvalue weighted by Gasteiger charge is 2.30. The molecule has 0 radical (unpaired) electrons. The Balaban J connectivity index is 1.51. The maximum atomic E-state index is 5.95. The number of hydrogen-bond donors (Lipinski definition) is 2. The molecule has 3 aliphatic rings. The smallest absolute Gasteiger partial charge is 0.150 e. The molecule has 1 unspecified atom stereocenters. The Morgan fingerprint density at radius 3 is 3.00 bits per heavy atom. The average molecular weight is 310 g/mol. The van der Waals surface area contributed by atoms with Crippen molar-refractivity contribution in [2.45, 2.75) is 19.0 Å². The average Bonchev–Trinajstić information content (AvgIpc) is 3.02. The van der Waals surface area contributed by atoms with Crippen LogP contribution in [0.1, 0.15) is 23.6 Å². The van der Waals surface area contributed by atoms with E-state index in [1.54, 1.807) is 0 Å². The molecule has 23 heavy (non-hydrogen) atoms. The number of rotatable bonds is 3. The molecule has 0 spiro atoms. The summed E-state index contributed by atoms with van der Waals surface area (Å²) in [6.07, 6.45) is 4.58. The molecule has 1 saturated heterocycles. The van der Waals surface area contributed by atoms with Gasteiger partial charge in [-0.15, -0.1) is 0 Å². The third-order valence-electron chi connectivity index (χ3n) is 4.66. The zero-order valence-corrected chi connectivity index (χ0v) is 13.2. The Morgan fingerprint density at radius 2 is 2.13 bits per heavy atom. The second-order valence-electron chi connectivity index (χ2n) is 6.20. The van der Waals surface area contributed by atoms with Gasteiger partial charge < -0.3 is 11.1 Å². The van der Waals surface area contributed by atoms with Crippen LogP contribution < -0.4 is 11.1 Å². The fourth-order valence-corrected chi connectivity index (χ4v) is 3.46. The van der Waals surface area contributed by atoms with E-state index in [0.29, 0.717) is 5.84 Å². The number of piperazine rings is 1. The van der Waals surface area contributed by atoms with Crippen LogP contribution in [0.3, 0.4) is 0 Å². The van der Waals surface area contributed by atoms with Gasteiger partial charge in [-0.25, -0.2) is 4.99 Å². The molecule has 0 saturated carbocycles. The lowest BCUT2D eigenvalue weighted by Gasteiger charge is -2.28. The predicted molar refractivity (Wildman–Crippen MR) is 92.0 cm³/mol. The Hall–Kier alpha value is -2.18. The first-order chi connectivity index (χ1) is 11.3. The van der Waals surface area contributed by atoms with Gasteiger partial charge in [0.15, 0.2) is 5.84 Å². The third kappa shape index (κ3) is 2.87. The summed E-state index contributed by atoms with van der Waals surface area (Å²) in [6, 6.07) is 9.07. The number of nitrogens with two attached hydrogens (primary N) is 1. The highest BCUT2D eigenvalue weighted by Crippen LogP contribution is 2.36. The lowest BCUT2D eigenvalue weighted by Crippen LogP contribution is -2.42. The summed E-state index contributed by atoms with van der Waals surface area (Å²) in [4.78, 5) is 6.57. The van der Waals surface area contributed by atoms with Crippen LogP contribution in [0.4, 0.5) is 0 Å². The summed E-state index contributed by atoms with van der Waals surface area (Å²) >= 11 is 0. The lowest BCUT2D eigenvalue weighted by molar-refractivity contribution is 0.233. The van der Waals surface area contributed by atoms with Crippen LogP contribution in [0.2, 0.25) is 0 Å². The first-order valence-corrected chi connectivity index (χ1v) is 8.19. The van der Waals surface area contributed by atoms with Gasteiger partial charge in [0, 0.05) is 32.7 Å². The Kier molecular flexibility index (Phi) is 3.85. The fourth-order valence-electron chi connectivity index (χ4n) is 3.46. The standard InChI is InChI=1S/C17H22N6/c18-17-16-5-4-15(23(16)21-12-20-17)14-3-1-2-13(10-14)11-22-8-6-19-7-9-22/h1-3,5,10,12,15,19H,4,6-9,11H2,(H2,18,20,21). The molecule has 3 heterocycles. The van der Waals surface area contributed by atoms with Crippen molar-refractivity contribution in [1.82, 2.24) is 15.2 Å². The van der Waals surface area contributed by atoms with Crippen LogP contribution in [-0.2, 0) is 6.54 Å². The van der Waals surface area contributed by atoms with Crippen LogP contribution in [0, 0.1) is 0 Å². The van der Waals surface area contributed by atoms with E-state index in [0.717, 1.165) is 44.8 Å². The lowest BCUT2D eigenvalue weighted by atomic mass is 10.0. The highest BCUT2D eigenvalue weighted by molar-refractivity contribution is 6.02. The van der Waals surface area contributed by atoms with E-state index < -0.39 is 0 Å². The zero-order chi connectivity index (χ0) is 15.6. The van der Waals surface area contributed by atoms with E-state index in [2.05, 4.69) is 50.7 Å². The van der Waals surface area contributed by atoms with Crippen molar-refractivity contribution in [3.63, 3.8) is 0 Å². The van der Waals surface area contributed by atoms with Gasteiger partial charge in [-0.1, -0.05) is 30.3 Å². The number of aliphatic imine (C=N–C) groups is 1. The minimum absolute atomic E-state index is 0.221. The van der Waals surface area contributed by atoms with E-state index in [1.165, 1.54) is 17.5 Å². The second-order valence-corrected chi connectivity index (χ2v) is 6.20. The predicted octanol–water partition coefficient (Wildman–Crippen LogP) is 1.04. The van der Waals surface area contributed by atoms with E-state index >= 15 is 0 Å². The summed E-state index contributed by atoms with van der Waals surface area (Å²) in [5.74, 6) is 0.555. The first kappa shape index (κ1) is 14.4. The largest absolute Gasteiger partial charge is 0.382 e. The van der Waals surface area contributed by atoms with E-state index in [-0.39, 0.29) is 6.04 Å². The summed E-state index contributed by atoms with van der Waals surface area (Å²) in [6.45, 7) is 5.40. The Bertz CT molecular complexity index is 671. The van der Waals surface area contributed by atoms with Crippen molar-refractivity contribution >= 4 is 12.2 Å². The molecule has 4 rings (SSSR count). The minimum Gasteiger partial charge on any atom is -0.382 e. The quantitative estimate of drug-likeness (QED) is 0.875. The maximum absolute atomic E-state index is 5.95. The van der Waals surface area contributed by atoms with Crippen LogP contribution in [0.15, 0.2) is 46.1 Å². The number of benzene rings is 1. The molecule has 3 N–H and O–H groups in total. The van der Waals surface area contributed by atoms with Crippen molar-refractivity contribution in [3.05, 3.63) is 47.2 Å². The van der Waals surface area contributed by atoms with Gasteiger partial charge in [0.2, 0.25) is 0 Å². The van der Waals surface area contributed by atoms with Crippen molar-refractivity contribution in [1.29, 1.82) is 0 Å². The normalized spacial score (nSPS) is 24.3. The van der Waals surface area contributed by atoms with Crippen LogP contribution in [-0.4, -0.2) is 48.3 Å². The molecule has 1 aromatic rings. The molecule has 3 aliphatic heterocycles. The van der Waals surface area contributed by atoms with Crippen molar-refractivity contribution < 1.29 is 0 Å². The first-order valence-electron chi connectivity index (χ1n) is 8.19. The minimum atomic E-state index is 0.221. The monoisotopic (exact) mass is 310 g/mol. The van der Waals surface area contributed by atoms with Gasteiger partial charge in [-0.2, -0.15) is 5.10 Å². The molecule has 1 atom stereocenters. The molecule has 120 valence electrons. The molecule has 0 aromatic heterocycles. The molecule has 0 aliphatic carbocycles. The van der Waals surface area contributed by atoms with Gasteiger partial charge >= 0.3 is 0 Å². The summed E-state index contributed by atoms with van der Waals surface area (Å²) in [7, 11) is 0. The topological polar surface area (TPSA) is 69.2 Å². The van der Waals surface area contributed by atoms with Gasteiger partial charge in [-0.05, 0) is 17.5 Å². The Morgan fingerprint density at radius 1 is 1.26 bits per heavy atom. The summed E-state index contributed by atoms with van der Waals surface area (Å²) in [5, 5.41) is 9.79. The molecule has 0 bridgehead atoms. The van der Waals surface area contributed by atoms with E-state index in [9.17, 15) is 0 Å². The van der Waals surface area contributed by atoms with Crippen molar-refractivity contribution in [2.75, 3.05) is 26.2 Å². The highest BCUT2D eigenvalue weighted by atomic mass is 15.5. The summed E-state index contributed by atoms with van der Waals surface area (Å²) in [5.41, 5.74) is 9.53. The fraction of sp³-hybridized carbons (Fsp3) is 0.412. The number of hydrogen-bond acceptors (Lipinski definition) is 6. The SMILES string of the molecule is NC1=NC=NN2C1=CCC2c1cccc(CN2CCNCC2)c1. The molecule has 6 heteroatoms. The van der Waals surface area contributed by atoms with Gasteiger partial charge in [0.05, 0.1) is 11.7 Å². The van der Waals surface area contributed by atoms with Crippen LogP contribution in [0.5, 0.6) is 0 Å². The second kappa shape index (κ2) is 6.14. The van der Waals surface area contributed by atoms with Crippen LogP contribution in [0.25, 0.3) is 0 Å². The third-order valence-corrected chi connectivity index (χ3v) is 4.66. The molecule has 6 nitrogen and oxygen atoms in total. The number of hydrazone groups is 1. The number of nitrogens with zero attached hydrogens (tertiary/aromatic N) is 4. The molecular weight excluding hydrogens is 288 g/mol. The maximum Gasteiger partial charge on any atom is 0.150 e. The zero-order valence-electron chi connectivity index (χ0n) is 13.2. The van der Waals surface area contributed by atoms with Crippen molar-refractivity contribution in [3.8, 4) is 0 Å². The number of fused-ring (bicyclic) bond motifs is 1. The molecule has 1 aromatic carbocycles. The summed E-state index contributed by atoms with van der Waals surface area (Å²) < 4.78 is 0. The number of amidine groups is 1. The van der Waals surface area contributed by atoms with Gasteiger partial charge in [0.25, 0.3) is 0 Å². The van der Waals surface area contributed by atoms with E-state index in [1.807, 2.05) is 5.01 Å².